The van der Waals surface area contributed by atoms with Crippen molar-refractivity contribution >= 4 is 33.1 Å². The normalized spacial score (nSPS) is 10.3. The van der Waals surface area contributed by atoms with Gasteiger partial charge in [-0.25, -0.2) is 4.98 Å². The lowest BCUT2D eigenvalue weighted by atomic mass is 10.2. The number of halogens is 1. The number of pyridine rings is 1. The molecule has 0 atom stereocenters. The van der Waals surface area contributed by atoms with Crippen LogP contribution in [0.25, 0.3) is 0 Å². The van der Waals surface area contributed by atoms with Crippen LogP contribution in [0.15, 0.2) is 34.8 Å². The lowest BCUT2D eigenvalue weighted by Crippen LogP contribution is -2.12. The zero-order chi connectivity index (χ0) is 14.0. The van der Waals surface area contributed by atoms with Gasteiger partial charge in [-0.15, -0.1) is 0 Å². The molecular weight excluding hydrogens is 306 g/mol. The number of nitrogen functional groups attached to an aromatic ring is 1. The summed E-state index contributed by atoms with van der Waals surface area (Å²) in [4.78, 5) is 6.47. The second kappa shape index (κ2) is 5.48. The Kier molecular flexibility index (Phi) is 3.95. The third-order valence-electron chi connectivity index (χ3n) is 2.98. The first kappa shape index (κ1) is 13.7. The molecule has 0 fully saturated rings. The summed E-state index contributed by atoms with van der Waals surface area (Å²) in [6, 6.07) is 9.66. The monoisotopic (exact) mass is 321 g/mol. The maximum atomic E-state index is 5.78. The average molecular weight is 322 g/mol. The molecule has 0 radical (unpaired) electrons. The summed E-state index contributed by atoms with van der Waals surface area (Å²) in [6.45, 7) is 1.90. The first-order chi connectivity index (χ1) is 9.02. The molecule has 100 valence electrons. The van der Waals surface area contributed by atoms with E-state index in [1.807, 2.05) is 49.2 Å². The standard InChI is InChI=1S/C14H16BrN3O/c1-9-12(16)5-7-14(17-9)18(2)10-4-6-13(19-3)11(15)8-10/h4-8H,16H2,1-3H3. The summed E-state index contributed by atoms with van der Waals surface area (Å²) in [5, 5.41) is 0. The minimum absolute atomic E-state index is 0.702. The zero-order valence-electron chi connectivity index (χ0n) is 11.1. The Morgan fingerprint density at radius 2 is 2.00 bits per heavy atom. The van der Waals surface area contributed by atoms with Crippen LogP contribution in [-0.2, 0) is 0 Å². The molecule has 0 aliphatic carbocycles. The van der Waals surface area contributed by atoms with Gasteiger partial charge in [0.2, 0.25) is 0 Å². The van der Waals surface area contributed by atoms with E-state index in [1.165, 1.54) is 0 Å². The number of nitrogens with two attached hydrogens (primary N) is 1. The van der Waals surface area contributed by atoms with E-state index in [4.69, 9.17) is 10.5 Å². The van der Waals surface area contributed by atoms with Crippen LogP contribution in [0, 0.1) is 6.92 Å². The molecule has 5 heteroatoms. The smallest absolute Gasteiger partial charge is 0.133 e. The Bertz CT molecular complexity index is 601. The van der Waals surface area contributed by atoms with Gasteiger partial charge in [0.05, 0.1) is 23.0 Å². The molecule has 2 rings (SSSR count). The van der Waals surface area contributed by atoms with Crippen LogP contribution in [0.2, 0.25) is 0 Å². The third-order valence-corrected chi connectivity index (χ3v) is 3.60. The largest absolute Gasteiger partial charge is 0.496 e. The molecule has 0 unspecified atom stereocenters. The molecule has 0 spiro atoms. The molecule has 1 aromatic carbocycles. The summed E-state index contributed by atoms with van der Waals surface area (Å²) in [6.07, 6.45) is 0. The molecule has 19 heavy (non-hydrogen) atoms. The molecule has 0 aliphatic rings. The lowest BCUT2D eigenvalue weighted by Gasteiger charge is -2.20. The van der Waals surface area contributed by atoms with Crippen LogP contribution >= 0.6 is 15.9 Å². The van der Waals surface area contributed by atoms with Crippen molar-refractivity contribution in [2.45, 2.75) is 6.92 Å². The van der Waals surface area contributed by atoms with Crippen molar-refractivity contribution < 1.29 is 4.74 Å². The number of aromatic nitrogens is 1. The van der Waals surface area contributed by atoms with Gasteiger partial charge in [0.1, 0.15) is 11.6 Å². The van der Waals surface area contributed by atoms with Crippen molar-refractivity contribution in [3.05, 3.63) is 40.5 Å². The lowest BCUT2D eigenvalue weighted by molar-refractivity contribution is 0.412. The molecule has 0 saturated carbocycles. The number of nitrogens with zero attached hydrogens (tertiary/aromatic N) is 2. The van der Waals surface area contributed by atoms with Gasteiger partial charge >= 0.3 is 0 Å². The van der Waals surface area contributed by atoms with Crippen LogP contribution in [0.5, 0.6) is 5.75 Å². The Morgan fingerprint density at radius 3 is 2.58 bits per heavy atom. The van der Waals surface area contributed by atoms with Crippen molar-refractivity contribution in [2.24, 2.45) is 0 Å². The highest BCUT2D eigenvalue weighted by Crippen LogP contribution is 2.31. The van der Waals surface area contributed by atoms with Crippen LogP contribution in [0.3, 0.4) is 0 Å². The quantitative estimate of drug-likeness (QED) is 0.939. The highest BCUT2D eigenvalue weighted by molar-refractivity contribution is 9.10. The van der Waals surface area contributed by atoms with E-state index in [2.05, 4.69) is 20.9 Å². The van der Waals surface area contributed by atoms with Gasteiger partial charge in [0.25, 0.3) is 0 Å². The van der Waals surface area contributed by atoms with Gasteiger partial charge in [-0.1, -0.05) is 0 Å². The summed E-state index contributed by atoms with van der Waals surface area (Å²) in [7, 11) is 3.61. The summed E-state index contributed by atoms with van der Waals surface area (Å²) in [5.41, 5.74) is 8.33. The molecule has 0 saturated heterocycles. The molecule has 0 amide bonds. The number of benzene rings is 1. The maximum Gasteiger partial charge on any atom is 0.133 e. The minimum atomic E-state index is 0.702. The SMILES string of the molecule is COc1ccc(N(C)c2ccc(N)c(C)n2)cc1Br. The number of hydrogen-bond acceptors (Lipinski definition) is 4. The molecule has 0 aliphatic heterocycles. The predicted molar refractivity (Wildman–Crippen MR) is 82.1 cm³/mol. The number of ether oxygens (including phenoxy) is 1. The van der Waals surface area contributed by atoms with Crippen molar-refractivity contribution in [1.29, 1.82) is 0 Å². The molecule has 1 heterocycles. The van der Waals surface area contributed by atoms with Crippen molar-refractivity contribution in [1.82, 2.24) is 4.98 Å². The average Bonchev–Trinajstić information content (AvgIpc) is 2.41. The second-order valence-electron chi connectivity index (χ2n) is 4.22. The Morgan fingerprint density at radius 1 is 1.26 bits per heavy atom. The van der Waals surface area contributed by atoms with Crippen molar-refractivity contribution in [3.63, 3.8) is 0 Å². The molecule has 4 nitrogen and oxygen atoms in total. The Balaban J connectivity index is 2.35. The highest BCUT2D eigenvalue weighted by atomic mass is 79.9. The van der Waals surface area contributed by atoms with E-state index in [0.29, 0.717) is 5.69 Å². The highest BCUT2D eigenvalue weighted by Gasteiger charge is 2.09. The number of anilines is 3. The van der Waals surface area contributed by atoms with Crippen LogP contribution in [0.4, 0.5) is 17.2 Å². The van der Waals surface area contributed by atoms with Gasteiger partial charge in [-0.05, 0) is 53.2 Å². The first-order valence-corrected chi connectivity index (χ1v) is 6.62. The van der Waals surface area contributed by atoms with E-state index in [9.17, 15) is 0 Å². The van der Waals surface area contributed by atoms with E-state index in [1.54, 1.807) is 7.11 Å². The maximum absolute atomic E-state index is 5.78. The first-order valence-electron chi connectivity index (χ1n) is 5.83. The Hall–Kier alpha value is -1.75. The molecular formula is C14H16BrN3O. The van der Waals surface area contributed by atoms with E-state index in [0.717, 1.165) is 27.4 Å². The predicted octanol–water partition coefficient (Wildman–Crippen LogP) is 3.51. The van der Waals surface area contributed by atoms with Crippen LogP contribution in [0.1, 0.15) is 5.69 Å². The van der Waals surface area contributed by atoms with Crippen molar-refractivity contribution in [2.75, 3.05) is 24.8 Å². The second-order valence-corrected chi connectivity index (χ2v) is 5.08. The van der Waals surface area contributed by atoms with Crippen molar-refractivity contribution in [3.8, 4) is 5.75 Å². The molecule has 2 aromatic rings. The van der Waals surface area contributed by atoms with Gasteiger partial charge < -0.3 is 15.4 Å². The van der Waals surface area contributed by atoms with Gasteiger partial charge in [0, 0.05) is 12.7 Å². The van der Waals surface area contributed by atoms with Gasteiger partial charge in [-0.2, -0.15) is 0 Å². The topological polar surface area (TPSA) is 51.4 Å². The number of rotatable bonds is 3. The van der Waals surface area contributed by atoms with Gasteiger partial charge in [0.15, 0.2) is 0 Å². The fourth-order valence-corrected chi connectivity index (χ4v) is 2.27. The number of aryl methyl sites for hydroxylation is 1. The summed E-state index contributed by atoms with van der Waals surface area (Å²) < 4.78 is 6.13. The summed E-state index contributed by atoms with van der Waals surface area (Å²) >= 11 is 3.48. The number of hydrogen-bond donors (Lipinski definition) is 1. The van der Waals surface area contributed by atoms with Crippen LogP contribution < -0.4 is 15.4 Å². The minimum Gasteiger partial charge on any atom is -0.496 e. The van der Waals surface area contributed by atoms with E-state index >= 15 is 0 Å². The van der Waals surface area contributed by atoms with E-state index in [-0.39, 0.29) is 0 Å². The summed E-state index contributed by atoms with van der Waals surface area (Å²) in [5.74, 6) is 1.65. The van der Waals surface area contributed by atoms with Crippen LogP contribution in [-0.4, -0.2) is 19.1 Å². The number of methoxy groups -OCH3 is 1. The molecule has 0 bridgehead atoms. The third kappa shape index (κ3) is 2.81. The molecule has 2 N–H and O–H groups in total. The van der Waals surface area contributed by atoms with Gasteiger partial charge in [-0.3, -0.25) is 0 Å². The fourth-order valence-electron chi connectivity index (χ4n) is 1.74. The fraction of sp³-hybridized carbons (Fsp3) is 0.214. The molecule has 1 aromatic heterocycles. The Labute approximate surface area is 121 Å². The van der Waals surface area contributed by atoms with E-state index < -0.39 is 0 Å². The zero-order valence-corrected chi connectivity index (χ0v) is 12.7.